The zero-order chi connectivity index (χ0) is 11.8. The molecule has 5 nitrogen and oxygen atoms in total. The molecule has 2 atom stereocenters. The lowest BCUT2D eigenvalue weighted by molar-refractivity contribution is -0.0186. The quantitative estimate of drug-likeness (QED) is 0.569. The number of aliphatic hydroxyl groups excluding tert-OH is 1. The highest BCUT2D eigenvalue weighted by Crippen LogP contribution is 2.01. The Labute approximate surface area is 97.7 Å². The van der Waals surface area contributed by atoms with Gasteiger partial charge in [-0.2, -0.15) is 0 Å². The summed E-state index contributed by atoms with van der Waals surface area (Å²) in [5.74, 6) is 0. The van der Waals surface area contributed by atoms with Crippen LogP contribution in [0, 0.1) is 0 Å². The van der Waals surface area contributed by atoms with E-state index in [1.807, 2.05) is 0 Å². The van der Waals surface area contributed by atoms with Crippen molar-refractivity contribution in [1.29, 1.82) is 0 Å². The van der Waals surface area contributed by atoms with Crippen molar-refractivity contribution in [2.24, 2.45) is 0 Å². The van der Waals surface area contributed by atoms with Crippen LogP contribution >= 0.6 is 0 Å². The Hall–Kier alpha value is -0.200. The minimum Gasteiger partial charge on any atom is -0.391 e. The maximum atomic E-state index is 9.42. The third kappa shape index (κ3) is 5.77. The van der Waals surface area contributed by atoms with Crippen LogP contribution < -0.4 is 5.32 Å². The molecular weight excluding hydrogens is 208 g/mol. The zero-order valence-corrected chi connectivity index (χ0v) is 10.3. The lowest BCUT2D eigenvalue weighted by atomic mass is 10.2. The molecule has 0 aromatic rings. The Morgan fingerprint density at radius 2 is 2.44 bits per heavy atom. The summed E-state index contributed by atoms with van der Waals surface area (Å²) in [6.45, 7) is 4.87. The molecule has 1 fully saturated rings. The first-order valence-electron chi connectivity index (χ1n) is 5.90. The van der Waals surface area contributed by atoms with Gasteiger partial charge in [0, 0.05) is 26.7 Å². The van der Waals surface area contributed by atoms with Crippen molar-refractivity contribution in [2.45, 2.75) is 18.6 Å². The van der Waals surface area contributed by atoms with Crippen molar-refractivity contribution in [2.75, 3.05) is 53.6 Å². The van der Waals surface area contributed by atoms with Gasteiger partial charge in [0.1, 0.15) is 0 Å². The molecule has 0 saturated carbocycles. The Balaban J connectivity index is 1.98. The molecule has 0 bridgehead atoms. The van der Waals surface area contributed by atoms with Crippen LogP contribution in [0.3, 0.4) is 0 Å². The van der Waals surface area contributed by atoms with Crippen LogP contribution in [-0.4, -0.2) is 75.8 Å². The number of morpholine rings is 1. The second kappa shape index (κ2) is 7.97. The fourth-order valence-electron chi connectivity index (χ4n) is 1.80. The summed E-state index contributed by atoms with van der Waals surface area (Å²) in [5, 5.41) is 12.7. The van der Waals surface area contributed by atoms with E-state index in [1.54, 1.807) is 7.11 Å². The van der Waals surface area contributed by atoms with Crippen LogP contribution in [0.25, 0.3) is 0 Å². The Bertz CT molecular complexity index is 181. The van der Waals surface area contributed by atoms with E-state index in [2.05, 4.69) is 17.3 Å². The summed E-state index contributed by atoms with van der Waals surface area (Å²) >= 11 is 0. The number of hydrogen-bond acceptors (Lipinski definition) is 5. The normalized spacial score (nSPS) is 24.6. The van der Waals surface area contributed by atoms with Gasteiger partial charge in [0.2, 0.25) is 0 Å². The van der Waals surface area contributed by atoms with Gasteiger partial charge in [0.15, 0.2) is 0 Å². The van der Waals surface area contributed by atoms with Gasteiger partial charge in [-0.15, -0.1) is 0 Å². The predicted octanol–water partition coefficient (Wildman–Crippen LogP) is -0.696. The maximum Gasteiger partial charge on any atom is 0.0826 e. The molecule has 16 heavy (non-hydrogen) atoms. The molecule has 0 aromatic carbocycles. The summed E-state index contributed by atoms with van der Waals surface area (Å²) < 4.78 is 10.5. The Morgan fingerprint density at radius 3 is 3.12 bits per heavy atom. The van der Waals surface area contributed by atoms with Gasteiger partial charge in [0.05, 0.1) is 25.4 Å². The zero-order valence-electron chi connectivity index (χ0n) is 10.3. The molecule has 0 aromatic heterocycles. The molecule has 5 heteroatoms. The van der Waals surface area contributed by atoms with Gasteiger partial charge >= 0.3 is 0 Å². The van der Waals surface area contributed by atoms with E-state index in [4.69, 9.17) is 9.47 Å². The predicted molar refractivity (Wildman–Crippen MR) is 62.6 cm³/mol. The first-order chi connectivity index (χ1) is 7.72. The van der Waals surface area contributed by atoms with Gasteiger partial charge in [-0.25, -0.2) is 0 Å². The lowest BCUT2D eigenvalue weighted by Gasteiger charge is -2.30. The van der Waals surface area contributed by atoms with Crippen LogP contribution in [-0.2, 0) is 9.47 Å². The largest absolute Gasteiger partial charge is 0.391 e. The minimum absolute atomic E-state index is 0.276. The van der Waals surface area contributed by atoms with Gasteiger partial charge < -0.3 is 24.8 Å². The number of nitrogens with zero attached hydrogens (tertiary/aromatic N) is 1. The monoisotopic (exact) mass is 232 g/mol. The van der Waals surface area contributed by atoms with Crippen molar-refractivity contribution in [3.8, 4) is 0 Å². The van der Waals surface area contributed by atoms with Crippen molar-refractivity contribution in [3.05, 3.63) is 0 Å². The summed E-state index contributed by atoms with van der Waals surface area (Å²) in [6.07, 6.45) is 0.627. The van der Waals surface area contributed by atoms with Crippen LogP contribution in [0.5, 0.6) is 0 Å². The van der Waals surface area contributed by atoms with Gasteiger partial charge in [0.25, 0.3) is 0 Å². The van der Waals surface area contributed by atoms with Crippen molar-refractivity contribution < 1.29 is 14.6 Å². The second-order valence-corrected chi connectivity index (χ2v) is 4.36. The van der Waals surface area contributed by atoms with Gasteiger partial charge in [-0.1, -0.05) is 0 Å². The standard InChI is InChI=1S/C11H24N2O3/c1-13-5-6-16-11(8-13)7-12-4-3-10(14)9-15-2/h10-12,14H,3-9H2,1-2H3. The van der Waals surface area contributed by atoms with Gasteiger partial charge in [-0.05, 0) is 20.0 Å². The highest BCUT2D eigenvalue weighted by molar-refractivity contribution is 4.71. The highest BCUT2D eigenvalue weighted by atomic mass is 16.5. The maximum absolute atomic E-state index is 9.42. The highest BCUT2D eigenvalue weighted by Gasteiger charge is 2.16. The molecular formula is C11H24N2O3. The number of rotatable bonds is 7. The molecule has 1 saturated heterocycles. The molecule has 0 aliphatic carbocycles. The van der Waals surface area contributed by atoms with Gasteiger partial charge in [-0.3, -0.25) is 0 Å². The summed E-state index contributed by atoms with van der Waals surface area (Å²) in [7, 11) is 3.71. The number of aliphatic hydroxyl groups is 1. The van der Waals surface area contributed by atoms with Crippen LogP contribution in [0.15, 0.2) is 0 Å². The Morgan fingerprint density at radius 1 is 1.62 bits per heavy atom. The number of methoxy groups -OCH3 is 1. The third-order valence-electron chi connectivity index (χ3n) is 2.73. The van der Waals surface area contributed by atoms with Crippen LogP contribution in [0.2, 0.25) is 0 Å². The SMILES string of the molecule is COCC(O)CCNCC1CN(C)CCO1. The molecule has 1 aliphatic rings. The summed E-state index contributed by atoms with van der Waals surface area (Å²) in [5.41, 5.74) is 0. The van der Waals surface area contributed by atoms with E-state index in [-0.39, 0.29) is 12.2 Å². The van der Waals surface area contributed by atoms with Crippen molar-refractivity contribution in [3.63, 3.8) is 0 Å². The smallest absolute Gasteiger partial charge is 0.0826 e. The molecule has 96 valence electrons. The van der Waals surface area contributed by atoms with E-state index in [0.717, 1.165) is 39.2 Å². The lowest BCUT2D eigenvalue weighted by Crippen LogP contribution is -2.45. The summed E-state index contributed by atoms with van der Waals surface area (Å²) in [6, 6.07) is 0. The molecule has 2 N–H and O–H groups in total. The molecule has 0 spiro atoms. The minimum atomic E-state index is -0.368. The summed E-state index contributed by atoms with van der Waals surface area (Å²) in [4.78, 5) is 2.27. The number of nitrogens with one attached hydrogen (secondary N) is 1. The molecule has 1 aliphatic heterocycles. The van der Waals surface area contributed by atoms with E-state index < -0.39 is 0 Å². The molecule has 0 radical (unpaired) electrons. The second-order valence-electron chi connectivity index (χ2n) is 4.36. The fraction of sp³-hybridized carbons (Fsp3) is 1.00. The van der Waals surface area contributed by atoms with Crippen molar-refractivity contribution >= 4 is 0 Å². The van der Waals surface area contributed by atoms with Crippen molar-refractivity contribution in [1.82, 2.24) is 10.2 Å². The first-order valence-corrected chi connectivity index (χ1v) is 5.90. The fourth-order valence-corrected chi connectivity index (χ4v) is 1.80. The third-order valence-corrected chi connectivity index (χ3v) is 2.73. The number of hydrogen-bond donors (Lipinski definition) is 2. The van der Waals surface area contributed by atoms with E-state index in [1.165, 1.54) is 0 Å². The molecule has 1 rings (SSSR count). The van der Waals surface area contributed by atoms with E-state index in [0.29, 0.717) is 6.61 Å². The Kier molecular flexibility index (Phi) is 6.91. The number of likely N-dealkylation sites (N-methyl/N-ethyl adjacent to an activating group) is 1. The average molecular weight is 232 g/mol. The molecule has 2 unspecified atom stereocenters. The average Bonchev–Trinajstić information content (AvgIpc) is 2.25. The van der Waals surface area contributed by atoms with Crippen LogP contribution in [0.4, 0.5) is 0 Å². The molecule has 1 heterocycles. The molecule has 0 amide bonds. The van der Waals surface area contributed by atoms with E-state index in [9.17, 15) is 5.11 Å². The topological polar surface area (TPSA) is 54.0 Å². The first kappa shape index (κ1) is 13.9. The van der Waals surface area contributed by atoms with E-state index >= 15 is 0 Å². The number of ether oxygens (including phenoxy) is 2. The van der Waals surface area contributed by atoms with Crippen LogP contribution in [0.1, 0.15) is 6.42 Å².